The summed E-state index contributed by atoms with van der Waals surface area (Å²) in [4.78, 5) is 24.5. The Labute approximate surface area is 188 Å². The van der Waals surface area contributed by atoms with Gasteiger partial charge in [-0.05, 0) is 33.6 Å². The van der Waals surface area contributed by atoms with E-state index in [9.17, 15) is 23.3 Å². The molecule has 2 aromatic carbocycles. The van der Waals surface area contributed by atoms with Crippen molar-refractivity contribution in [1.82, 2.24) is 9.21 Å². The van der Waals surface area contributed by atoms with Gasteiger partial charge in [-0.3, -0.25) is 19.8 Å². The van der Waals surface area contributed by atoms with Crippen LogP contribution in [0.15, 0.2) is 58.4 Å². The van der Waals surface area contributed by atoms with Crippen LogP contribution in [0.1, 0.15) is 5.56 Å². The van der Waals surface area contributed by atoms with Crippen LogP contribution in [0.4, 0.5) is 11.4 Å². The topological polar surface area (TPSA) is 113 Å². The van der Waals surface area contributed by atoms with Gasteiger partial charge in [0, 0.05) is 48.2 Å². The van der Waals surface area contributed by atoms with Crippen LogP contribution >= 0.6 is 15.9 Å². The molecule has 1 fully saturated rings. The number of nitro groups is 1. The molecule has 1 heterocycles. The smallest absolute Gasteiger partial charge is 0.270 e. The molecule has 1 amide bonds. The number of carbonyl (C=O) groups is 1. The molecule has 0 atom stereocenters. The standard InChI is InChI=1S/C20H21BrN4O5S/c21-18-14-17(25(27)28)6-7-19(18)22-20(26)15-23-9-11-24(12-10-23)31(29,30)13-8-16-4-2-1-3-5-16/h1-8,13-14H,9-12,15H2,(H,22,26). The maximum absolute atomic E-state index is 12.5. The van der Waals surface area contributed by atoms with E-state index >= 15 is 0 Å². The molecule has 0 aliphatic carbocycles. The van der Waals surface area contributed by atoms with E-state index in [1.807, 2.05) is 35.2 Å². The van der Waals surface area contributed by atoms with Crippen molar-refractivity contribution >= 4 is 49.3 Å². The number of benzene rings is 2. The van der Waals surface area contributed by atoms with Crippen LogP contribution in [0.2, 0.25) is 0 Å². The summed E-state index contributed by atoms with van der Waals surface area (Å²) in [5.74, 6) is -0.283. The van der Waals surface area contributed by atoms with Gasteiger partial charge in [0.05, 0.1) is 17.2 Å². The van der Waals surface area contributed by atoms with Gasteiger partial charge in [0.15, 0.2) is 0 Å². The summed E-state index contributed by atoms with van der Waals surface area (Å²) in [5, 5.41) is 14.7. The normalized spacial score (nSPS) is 15.8. The zero-order valence-electron chi connectivity index (χ0n) is 16.5. The van der Waals surface area contributed by atoms with Gasteiger partial charge in [0.2, 0.25) is 15.9 Å². The molecular weight excluding hydrogens is 488 g/mol. The van der Waals surface area contributed by atoms with E-state index < -0.39 is 14.9 Å². The van der Waals surface area contributed by atoms with Gasteiger partial charge >= 0.3 is 0 Å². The Hall–Kier alpha value is -2.60. The summed E-state index contributed by atoms with van der Waals surface area (Å²) in [6, 6.07) is 13.3. The van der Waals surface area contributed by atoms with Crippen molar-refractivity contribution in [2.24, 2.45) is 0 Å². The number of hydrogen-bond acceptors (Lipinski definition) is 6. The van der Waals surface area contributed by atoms with Gasteiger partial charge in [-0.25, -0.2) is 8.42 Å². The molecule has 0 aromatic heterocycles. The number of nitrogens with one attached hydrogen (secondary N) is 1. The highest BCUT2D eigenvalue weighted by Gasteiger charge is 2.26. The molecule has 2 aromatic rings. The second-order valence-corrected chi connectivity index (χ2v) is 9.58. The number of halogens is 1. The first-order chi connectivity index (χ1) is 14.7. The highest BCUT2D eigenvalue weighted by Crippen LogP contribution is 2.27. The summed E-state index contributed by atoms with van der Waals surface area (Å²) in [6.07, 6.45) is 1.57. The maximum atomic E-state index is 12.5. The van der Waals surface area contributed by atoms with E-state index in [2.05, 4.69) is 21.2 Å². The summed E-state index contributed by atoms with van der Waals surface area (Å²) in [6.45, 7) is 1.52. The predicted molar refractivity (Wildman–Crippen MR) is 122 cm³/mol. The number of piperazine rings is 1. The van der Waals surface area contributed by atoms with Gasteiger partial charge in [0.25, 0.3) is 5.69 Å². The third-order valence-corrected chi connectivity index (χ3v) is 6.95. The second-order valence-electron chi connectivity index (χ2n) is 6.90. The van der Waals surface area contributed by atoms with Crippen LogP contribution in [-0.2, 0) is 14.8 Å². The highest BCUT2D eigenvalue weighted by atomic mass is 79.9. The molecular formula is C20H21BrN4O5S. The number of anilines is 1. The van der Waals surface area contributed by atoms with Gasteiger partial charge in [-0.1, -0.05) is 30.3 Å². The van der Waals surface area contributed by atoms with E-state index in [1.54, 1.807) is 6.08 Å². The number of hydrogen-bond donors (Lipinski definition) is 1. The first-order valence-corrected chi connectivity index (χ1v) is 11.7. The lowest BCUT2D eigenvalue weighted by Crippen LogP contribution is -2.49. The Morgan fingerprint density at radius 1 is 1.13 bits per heavy atom. The first-order valence-electron chi connectivity index (χ1n) is 9.44. The molecule has 0 saturated carbocycles. The molecule has 0 bridgehead atoms. The predicted octanol–water partition coefficient (Wildman–Crippen LogP) is 2.91. The number of rotatable bonds is 7. The van der Waals surface area contributed by atoms with Crippen LogP contribution < -0.4 is 5.32 Å². The lowest BCUT2D eigenvalue weighted by Gasteiger charge is -2.32. The zero-order chi connectivity index (χ0) is 22.4. The van der Waals surface area contributed by atoms with E-state index in [0.717, 1.165) is 5.56 Å². The monoisotopic (exact) mass is 508 g/mol. The van der Waals surface area contributed by atoms with Crippen molar-refractivity contribution in [3.63, 3.8) is 0 Å². The molecule has 11 heteroatoms. The Bertz CT molecular complexity index is 1080. The SMILES string of the molecule is O=C(CN1CCN(S(=O)(=O)C=Cc2ccccc2)CC1)Nc1ccc([N+](=O)[O-])cc1Br. The Morgan fingerprint density at radius 3 is 2.42 bits per heavy atom. The van der Waals surface area contributed by atoms with Crippen LogP contribution in [0.25, 0.3) is 6.08 Å². The Balaban J connectivity index is 1.51. The van der Waals surface area contributed by atoms with Gasteiger partial charge in [-0.2, -0.15) is 4.31 Å². The van der Waals surface area contributed by atoms with Crippen LogP contribution in [-0.4, -0.2) is 61.2 Å². The highest BCUT2D eigenvalue weighted by molar-refractivity contribution is 9.10. The molecule has 3 rings (SSSR count). The molecule has 0 radical (unpaired) electrons. The Kier molecular flexibility index (Phi) is 7.55. The average Bonchev–Trinajstić information content (AvgIpc) is 2.75. The zero-order valence-corrected chi connectivity index (χ0v) is 18.9. The molecule has 0 spiro atoms. The number of nitrogens with zero attached hydrogens (tertiary/aromatic N) is 3. The summed E-state index contributed by atoms with van der Waals surface area (Å²) < 4.78 is 26.9. The Morgan fingerprint density at radius 2 is 1.81 bits per heavy atom. The fourth-order valence-corrected chi connectivity index (χ4v) is 4.71. The minimum atomic E-state index is -3.53. The molecule has 1 aliphatic rings. The molecule has 0 unspecified atom stereocenters. The fraction of sp³-hybridized carbons (Fsp3) is 0.250. The summed E-state index contributed by atoms with van der Waals surface area (Å²) in [5.41, 5.74) is 1.16. The average molecular weight is 509 g/mol. The van der Waals surface area contributed by atoms with E-state index in [-0.39, 0.29) is 31.2 Å². The number of sulfonamides is 1. The molecule has 1 aliphatic heterocycles. The minimum absolute atomic E-state index is 0.0801. The van der Waals surface area contributed by atoms with Gasteiger partial charge < -0.3 is 5.32 Å². The molecule has 164 valence electrons. The van der Waals surface area contributed by atoms with Crippen molar-refractivity contribution in [1.29, 1.82) is 0 Å². The van der Waals surface area contributed by atoms with Crippen molar-refractivity contribution in [3.05, 3.63) is 74.1 Å². The van der Waals surface area contributed by atoms with Crippen molar-refractivity contribution in [2.45, 2.75) is 0 Å². The first kappa shape index (κ1) is 23.1. The van der Waals surface area contributed by atoms with Gasteiger partial charge in [-0.15, -0.1) is 0 Å². The molecule has 1 N–H and O–H groups in total. The van der Waals surface area contributed by atoms with E-state index in [4.69, 9.17) is 0 Å². The molecule has 31 heavy (non-hydrogen) atoms. The number of carbonyl (C=O) groups excluding carboxylic acids is 1. The van der Waals surface area contributed by atoms with E-state index in [1.165, 1.54) is 27.9 Å². The summed E-state index contributed by atoms with van der Waals surface area (Å²) in [7, 11) is -3.53. The third kappa shape index (κ3) is 6.44. The van der Waals surface area contributed by atoms with E-state index in [0.29, 0.717) is 23.2 Å². The lowest BCUT2D eigenvalue weighted by molar-refractivity contribution is -0.384. The van der Waals surface area contributed by atoms with Crippen molar-refractivity contribution in [2.75, 3.05) is 38.0 Å². The third-order valence-electron chi connectivity index (χ3n) is 4.73. The number of non-ortho nitro benzene ring substituents is 1. The van der Waals surface area contributed by atoms with Gasteiger partial charge in [0.1, 0.15) is 0 Å². The van der Waals surface area contributed by atoms with Crippen LogP contribution in [0.5, 0.6) is 0 Å². The second kappa shape index (κ2) is 10.1. The molecule has 9 nitrogen and oxygen atoms in total. The maximum Gasteiger partial charge on any atom is 0.270 e. The lowest BCUT2D eigenvalue weighted by atomic mass is 10.2. The number of nitro benzene ring substituents is 1. The fourth-order valence-electron chi connectivity index (χ4n) is 3.07. The number of amides is 1. The van der Waals surface area contributed by atoms with Crippen molar-refractivity contribution in [3.8, 4) is 0 Å². The van der Waals surface area contributed by atoms with Crippen molar-refractivity contribution < 1.29 is 18.1 Å². The molecule has 1 saturated heterocycles. The van der Waals surface area contributed by atoms with Crippen LogP contribution in [0, 0.1) is 10.1 Å². The van der Waals surface area contributed by atoms with Crippen LogP contribution in [0.3, 0.4) is 0 Å². The quantitative estimate of drug-likeness (QED) is 0.454. The largest absolute Gasteiger partial charge is 0.324 e. The minimum Gasteiger partial charge on any atom is -0.324 e. The summed E-state index contributed by atoms with van der Waals surface area (Å²) >= 11 is 3.22.